The first-order valence-corrected chi connectivity index (χ1v) is 12.7. The molecule has 0 saturated heterocycles. The normalized spacial score (nSPS) is 25.3. The first kappa shape index (κ1) is 24.3. The van der Waals surface area contributed by atoms with Crippen LogP contribution in [0.5, 0.6) is 5.75 Å². The Hall–Kier alpha value is -2.33. The van der Waals surface area contributed by atoms with Gasteiger partial charge in [0.25, 0.3) is 5.91 Å². The van der Waals surface area contributed by atoms with Gasteiger partial charge in [0.15, 0.2) is 0 Å². The van der Waals surface area contributed by atoms with E-state index < -0.39 is 10.0 Å². The smallest absolute Gasteiger partial charge is 0.257 e. The predicted molar refractivity (Wildman–Crippen MR) is 121 cm³/mol. The molecule has 3 atom stereocenters. The number of methoxy groups -OCH3 is 1. The van der Waals surface area contributed by atoms with Crippen LogP contribution < -0.4 is 9.46 Å². The van der Waals surface area contributed by atoms with Crippen molar-refractivity contribution in [1.29, 1.82) is 0 Å². The van der Waals surface area contributed by atoms with E-state index in [1.165, 1.54) is 11.0 Å². The lowest BCUT2D eigenvalue weighted by Gasteiger charge is -2.36. The van der Waals surface area contributed by atoms with Crippen molar-refractivity contribution in [2.45, 2.75) is 38.8 Å². The van der Waals surface area contributed by atoms with Gasteiger partial charge >= 0.3 is 0 Å². The second kappa shape index (κ2) is 9.66. The van der Waals surface area contributed by atoms with Crippen LogP contribution >= 0.6 is 0 Å². The number of rotatable bonds is 4. The number of nitrogens with zero attached hydrogens (tertiary/aromatic N) is 2. The van der Waals surface area contributed by atoms with Crippen LogP contribution in [-0.4, -0.2) is 82.3 Å². The van der Waals surface area contributed by atoms with E-state index in [-0.39, 0.29) is 53.7 Å². The van der Waals surface area contributed by atoms with E-state index in [9.17, 15) is 18.0 Å². The van der Waals surface area contributed by atoms with Gasteiger partial charge in [-0.05, 0) is 38.0 Å². The molecule has 1 heterocycles. The zero-order valence-corrected chi connectivity index (χ0v) is 20.1. The largest absolute Gasteiger partial charge is 0.491 e. The van der Waals surface area contributed by atoms with Crippen molar-refractivity contribution in [2.75, 3.05) is 44.8 Å². The highest BCUT2D eigenvalue weighted by Crippen LogP contribution is 2.33. The Morgan fingerprint density at radius 3 is 2.50 bits per heavy atom. The number of benzene rings is 1. The fourth-order valence-electron chi connectivity index (χ4n) is 3.93. The van der Waals surface area contributed by atoms with Crippen molar-refractivity contribution in [3.63, 3.8) is 0 Å². The van der Waals surface area contributed by atoms with Crippen molar-refractivity contribution in [3.8, 4) is 5.75 Å². The average molecular weight is 468 g/mol. The summed E-state index contributed by atoms with van der Waals surface area (Å²) in [5.41, 5.74) is 0.524. The third kappa shape index (κ3) is 5.92. The lowest BCUT2D eigenvalue weighted by molar-refractivity contribution is -0.136. The van der Waals surface area contributed by atoms with E-state index in [2.05, 4.69) is 4.72 Å². The molecule has 1 saturated carbocycles. The summed E-state index contributed by atoms with van der Waals surface area (Å²) in [4.78, 5) is 29.6. The Morgan fingerprint density at radius 1 is 1.22 bits per heavy atom. The molecule has 0 spiro atoms. The first-order chi connectivity index (χ1) is 15.0. The highest BCUT2D eigenvalue weighted by atomic mass is 32.2. The molecule has 1 aliphatic carbocycles. The Labute approximate surface area is 190 Å². The molecule has 1 aromatic rings. The van der Waals surface area contributed by atoms with E-state index in [1.807, 2.05) is 18.7 Å². The molecule has 1 aliphatic heterocycles. The molecule has 9 nitrogen and oxygen atoms in total. The second-order valence-corrected chi connectivity index (χ2v) is 10.7. The van der Waals surface area contributed by atoms with Crippen molar-refractivity contribution < 1.29 is 27.5 Å². The monoisotopic (exact) mass is 467 g/mol. The van der Waals surface area contributed by atoms with Crippen molar-refractivity contribution in [2.24, 2.45) is 11.8 Å². The van der Waals surface area contributed by atoms with Crippen LogP contribution in [-0.2, 0) is 19.6 Å². The number of nitrogens with one attached hydrogen (secondary N) is 1. The first-order valence-electron chi connectivity index (χ1n) is 10.8. The van der Waals surface area contributed by atoms with Gasteiger partial charge in [-0.15, -0.1) is 0 Å². The Morgan fingerprint density at radius 2 is 1.91 bits per heavy atom. The number of anilines is 1. The fraction of sp³-hybridized carbons (Fsp3) is 0.636. The second-order valence-electron chi connectivity index (χ2n) is 8.95. The van der Waals surface area contributed by atoms with Crippen molar-refractivity contribution in [1.82, 2.24) is 9.80 Å². The minimum Gasteiger partial charge on any atom is -0.491 e. The van der Waals surface area contributed by atoms with Gasteiger partial charge in [-0.25, -0.2) is 8.42 Å². The number of carbonyl (C=O) groups excluding carboxylic acids is 2. The van der Waals surface area contributed by atoms with Crippen LogP contribution in [0.15, 0.2) is 18.2 Å². The Kier molecular flexibility index (Phi) is 7.34. The van der Waals surface area contributed by atoms with Crippen LogP contribution in [0.1, 0.15) is 37.0 Å². The molecule has 3 rings (SSSR count). The fourth-order valence-corrected chi connectivity index (χ4v) is 4.48. The summed E-state index contributed by atoms with van der Waals surface area (Å²) in [5.74, 6) is 0.258. The van der Waals surface area contributed by atoms with Gasteiger partial charge < -0.3 is 19.3 Å². The minimum absolute atomic E-state index is 0.00228. The quantitative estimate of drug-likeness (QED) is 0.724. The van der Waals surface area contributed by atoms with Gasteiger partial charge in [0.05, 0.1) is 24.0 Å². The van der Waals surface area contributed by atoms with Gasteiger partial charge in [0, 0.05) is 44.8 Å². The molecular formula is C22H33N3O6S. The standard InChI is InChI=1S/C22H33N3O6S/c1-14-11-25(21(26)16-6-7-16)15(2)13-31-19-9-8-17(23-32(5,28)29)10-18(19)22(27)24(3)12-20(14)30-4/h8-10,14-16,20,23H,6-7,11-13H2,1-5H3/t14-,15+,20+/m0/s1. The predicted octanol–water partition coefficient (Wildman–Crippen LogP) is 1.80. The molecule has 10 heteroatoms. The molecule has 1 aromatic carbocycles. The molecule has 0 unspecified atom stereocenters. The highest BCUT2D eigenvalue weighted by Gasteiger charge is 2.37. The van der Waals surface area contributed by atoms with Gasteiger partial charge in [-0.1, -0.05) is 6.92 Å². The molecule has 0 radical (unpaired) electrons. The molecule has 0 bridgehead atoms. The van der Waals surface area contributed by atoms with Gasteiger partial charge in [-0.2, -0.15) is 0 Å². The molecule has 1 fully saturated rings. The van der Waals surface area contributed by atoms with E-state index in [1.54, 1.807) is 26.3 Å². The average Bonchev–Trinajstić information content (AvgIpc) is 3.56. The lowest BCUT2D eigenvalue weighted by Crippen LogP contribution is -2.49. The number of ether oxygens (including phenoxy) is 2. The van der Waals surface area contributed by atoms with Crippen LogP contribution in [0.4, 0.5) is 5.69 Å². The zero-order valence-electron chi connectivity index (χ0n) is 19.3. The summed E-state index contributed by atoms with van der Waals surface area (Å²) >= 11 is 0. The Balaban J connectivity index is 1.97. The highest BCUT2D eigenvalue weighted by molar-refractivity contribution is 7.92. The molecule has 178 valence electrons. The third-order valence-corrected chi connectivity index (χ3v) is 6.56. The van der Waals surface area contributed by atoms with Crippen LogP contribution in [0, 0.1) is 11.8 Å². The number of sulfonamides is 1. The maximum absolute atomic E-state index is 13.2. The molecular weight excluding hydrogens is 434 g/mol. The molecule has 2 amide bonds. The number of fused-ring (bicyclic) bond motifs is 1. The van der Waals surface area contributed by atoms with Gasteiger partial charge in [-0.3, -0.25) is 14.3 Å². The summed E-state index contributed by atoms with van der Waals surface area (Å²) in [6.45, 7) is 5.00. The maximum atomic E-state index is 13.2. The van der Waals surface area contributed by atoms with Crippen LogP contribution in [0.3, 0.4) is 0 Å². The number of carbonyl (C=O) groups is 2. The molecule has 2 aliphatic rings. The number of hydrogen-bond acceptors (Lipinski definition) is 6. The number of amides is 2. The third-order valence-electron chi connectivity index (χ3n) is 5.96. The summed E-state index contributed by atoms with van der Waals surface area (Å²) < 4.78 is 37.4. The summed E-state index contributed by atoms with van der Waals surface area (Å²) in [6, 6.07) is 4.41. The van der Waals surface area contributed by atoms with Crippen molar-refractivity contribution >= 4 is 27.5 Å². The zero-order chi connectivity index (χ0) is 23.6. The maximum Gasteiger partial charge on any atom is 0.257 e. The van der Waals surface area contributed by atoms with E-state index in [0.29, 0.717) is 18.8 Å². The molecule has 32 heavy (non-hydrogen) atoms. The molecule has 1 N–H and O–H groups in total. The summed E-state index contributed by atoms with van der Waals surface area (Å²) in [6.07, 6.45) is 2.61. The summed E-state index contributed by atoms with van der Waals surface area (Å²) in [5, 5.41) is 0. The lowest BCUT2D eigenvalue weighted by atomic mass is 10.0. The number of hydrogen-bond donors (Lipinski definition) is 1. The Bertz CT molecular complexity index is 962. The SMILES string of the molecule is CO[C@@H]1CN(C)C(=O)c2cc(NS(C)(=O)=O)ccc2OC[C@@H](C)N(C(=O)C2CC2)C[C@@H]1C. The minimum atomic E-state index is -3.50. The van der Waals surface area contributed by atoms with Crippen LogP contribution in [0.25, 0.3) is 0 Å². The van der Waals surface area contributed by atoms with Gasteiger partial charge in [0.2, 0.25) is 15.9 Å². The van der Waals surface area contributed by atoms with Gasteiger partial charge in [0.1, 0.15) is 12.4 Å². The topological polar surface area (TPSA) is 105 Å². The molecule has 0 aromatic heterocycles. The van der Waals surface area contributed by atoms with E-state index >= 15 is 0 Å². The summed E-state index contributed by atoms with van der Waals surface area (Å²) in [7, 11) is -0.229. The number of likely N-dealkylation sites (N-methyl/N-ethyl adjacent to an activating group) is 1. The van der Waals surface area contributed by atoms with Crippen molar-refractivity contribution in [3.05, 3.63) is 23.8 Å². The van der Waals surface area contributed by atoms with E-state index in [0.717, 1.165) is 19.1 Å². The van der Waals surface area contributed by atoms with Crippen LogP contribution in [0.2, 0.25) is 0 Å². The van der Waals surface area contributed by atoms with E-state index in [4.69, 9.17) is 9.47 Å².